The van der Waals surface area contributed by atoms with Crippen LogP contribution in [0.25, 0.3) is 11.1 Å². The average molecular weight is 442 g/mol. The fraction of sp³-hybridized carbons (Fsp3) is 0.345. The molecular weight excluding hydrogens is 410 g/mol. The summed E-state index contributed by atoms with van der Waals surface area (Å²) in [4.78, 5) is 15.0. The topological polar surface area (TPSA) is 38.8 Å². The monoisotopic (exact) mass is 441 g/mol. The van der Waals surface area contributed by atoms with Crippen molar-refractivity contribution in [3.63, 3.8) is 0 Å². The molecule has 1 aliphatic heterocycles. The zero-order valence-corrected chi connectivity index (χ0v) is 19.2. The Morgan fingerprint density at radius 3 is 2.45 bits per heavy atom. The number of carbonyl (C=O) groups excluding carboxylic acids is 1. The van der Waals surface area contributed by atoms with E-state index < -0.39 is 0 Å². The Morgan fingerprint density at radius 2 is 1.67 bits per heavy atom. The summed E-state index contributed by atoms with van der Waals surface area (Å²) >= 11 is 0. The molecule has 3 aromatic rings. The number of hydrogen-bond acceptors (Lipinski definition) is 3. The van der Waals surface area contributed by atoms with E-state index in [2.05, 4.69) is 60.7 Å². The minimum atomic E-state index is 0.165. The first kappa shape index (κ1) is 21.6. The van der Waals surface area contributed by atoms with E-state index in [1.807, 2.05) is 17.0 Å². The zero-order chi connectivity index (χ0) is 22.6. The van der Waals surface area contributed by atoms with E-state index in [4.69, 9.17) is 9.47 Å². The lowest BCUT2D eigenvalue weighted by atomic mass is 9.97. The fourth-order valence-corrected chi connectivity index (χ4v) is 5.14. The quantitative estimate of drug-likeness (QED) is 0.438. The molecule has 0 aromatic heterocycles. The van der Waals surface area contributed by atoms with Crippen LogP contribution in [-0.4, -0.2) is 30.6 Å². The van der Waals surface area contributed by atoms with Crippen molar-refractivity contribution in [2.45, 2.75) is 50.7 Å². The van der Waals surface area contributed by atoms with Gasteiger partial charge in [-0.25, -0.2) is 0 Å². The van der Waals surface area contributed by atoms with Crippen LogP contribution >= 0.6 is 0 Å². The van der Waals surface area contributed by atoms with Gasteiger partial charge in [0.2, 0.25) is 5.91 Å². The van der Waals surface area contributed by atoms with Gasteiger partial charge in [-0.2, -0.15) is 0 Å². The summed E-state index contributed by atoms with van der Waals surface area (Å²) in [5, 5.41) is 0. The van der Waals surface area contributed by atoms with Crippen molar-refractivity contribution in [2.75, 3.05) is 13.7 Å². The van der Waals surface area contributed by atoms with Gasteiger partial charge in [0.15, 0.2) is 11.5 Å². The highest BCUT2D eigenvalue weighted by Crippen LogP contribution is 2.37. The Bertz CT molecular complexity index is 1100. The van der Waals surface area contributed by atoms with Crippen molar-refractivity contribution in [1.29, 1.82) is 0 Å². The van der Waals surface area contributed by atoms with Gasteiger partial charge in [0.05, 0.1) is 13.2 Å². The van der Waals surface area contributed by atoms with Gasteiger partial charge in [0, 0.05) is 25.4 Å². The molecular formula is C29H31NO3. The van der Waals surface area contributed by atoms with Crippen LogP contribution in [0.15, 0.2) is 72.8 Å². The first-order valence-electron chi connectivity index (χ1n) is 12.0. The number of methoxy groups -OCH3 is 1. The van der Waals surface area contributed by atoms with Crippen LogP contribution in [0.3, 0.4) is 0 Å². The molecule has 5 rings (SSSR count). The van der Waals surface area contributed by atoms with E-state index >= 15 is 0 Å². The molecule has 2 fully saturated rings. The molecule has 1 saturated carbocycles. The number of rotatable bonds is 7. The molecule has 3 aromatic carbocycles. The summed E-state index contributed by atoms with van der Waals surface area (Å²) in [7, 11) is 1.68. The SMILES string of the molecule is COc1ccc(C2CC(=O)N(Cc3ccccc3-c3ccccc3)C2)cc1OC1CCCC1. The fourth-order valence-electron chi connectivity index (χ4n) is 5.14. The molecule has 0 spiro atoms. The maximum atomic E-state index is 13.0. The highest BCUT2D eigenvalue weighted by atomic mass is 16.5. The summed E-state index contributed by atoms with van der Waals surface area (Å²) in [6.45, 7) is 1.35. The third-order valence-corrected chi connectivity index (χ3v) is 6.93. The molecule has 0 N–H and O–H groups in total. The van der Waals surface area contributed by atoms with Crippen LogP contribution in [0.1, 0.15) is 49.1 Å². The Hall–Kier alpha value is -3.27. The first-order chi connectivity index (χ1) is 16.2. The predicted octanol–water partition coefficient (Wildman–Crippen LogP) is 6.20. The Labute approximate surface area is 196 Å². The molecule has 1 atom stereocenters. The molecule has 2 aliphatic rings. The smallest absolute Gasteiger partial charge is 0.223 e. The Balaban J connectivity index is 1.33. The van der Waals surface area contributed by atoms with Crippen molar-refractivity contribution in [1.82, 2.24) is 4.90 Å². The largest absolute Gasteiger partial charge is 0.493 e. The van der Waals surface area contributed by atoms with Crippen LogP contribution in [-0.2, 0) is 11.3 Å². The highest BCUT2D eigenvalue weighted by molar-refractivity contribution is 5.80. The number of ether oxygens (including phenoxy) is 2. The van der Waals surface area contributed by atoms with Crippen molar-refractivity contribution in [2.24, 2.45) is 0 Å². The third-order valence-electron chi connectivity index (χ3n) is 6.93. The average Bonchev–Trinajstić information content (AvgIpc) is 3.50. The first-order valence-corrected chi connectivity index (χ1v) is 12.0. The Morgan fingerprint density at radius 1 is 0.909 bits per heavy atom. The van der Waals surface area contributed by atoms with Crippen molar-refractivity contribution in [3.05, 3.63) is 83.9 Å². The lowest BCUT2D eigenvalue weighted by molar-refractivity contribution is -0.128. The van der Waals surface area contributed by atoms with E-state index in [1.165, 1.54) is 29.5 Å². The van der Waals surface area contributed by atoms with Gasteiger partial charge in [-0.3, -0.25) is 4.79 Å². The maximum absolute atomic E-state index is 13.0. The second kappa shape index (κ2) is 9.70. The number of carbonyl (C=O) groups is 1. The minimum absolute atomic E-state index is 0.165. The standard InChI is InChI=1S/C29H31NO3/c1-32-27-16-15-22(17-28(27)33-25-12-6-7-13-25)24-18-29(31)30(20-24)19-23-11-5-8-14-26(23)21-9-3-2-4-10-21/h2-5,8-11,14-17,24-25H,6-7,12-13,18-20H2,1H3. The summed E-state index contributed by atoms with van der Waals surface area (Å²) in [5.74, 6) is 1.95. The summed E-state index contributed by atoms with van der Waals surface area (Å²) in [6.07, 6.45) is 5.45. The molecule has 170 valence electrons. The minimum Gasteiger partial charge on any atom is -0.493 e. The predicted molar refractivity (Wildman–Crippen MR) is 131 cm³/mol. The van der Waals surface area contributed by atoms with Gasteiger partial charge >= 0.3 is 0 Å². The summed E-state index contributed by atoms with van der Waals surface area (Å²) in [6, 6.07) is 24.9. The molecule has 1 saturated heterocycles. The third kappa shape index (κ3) is 4.75. The van der Waals surface area contributed by atoms with E-state index in [9.17, 15) is 4.79 Å². The van der Waals surface area contributed by atoms with E-state index in [-0.39, 0.29) is 17.9 Å². The molecule has 1 heterocycles. The molecule has 1 unspecified atom stereocenters. The maximum Gasteiger partial charge on any atom is 0.223 e. The number of likely N-dealkylation sites (tertiary alicyclic amines) is 1. The normalized spacial score (nSPS) is 18.6. The molecule has 4 heteroatoms. The van der Waals surface area contributed by atoms with Crippen molar-refractivity contribution in [3.8, 4) is 22.6 Å². The van der Waals surface area contributed by atoms with E-state index in [0.29, 0.717) is 13.0 Å². The van der Waals surface area contributed by atoms with Crippen molar-refractivity contribution >= 4 is 5.91 Å². The van der Waals surface area contributed by atoms with Crippen LogP contribution in [0, 0.1) is 0 Å². The zero-order valence-electron chi connectivity index (χ0n) is 19.2. The lowest BCUT2D eigenvalue weighted by Gasteiger charge is -2.20. The molecule has 33 heavy (non-hydrogen) atoms. The number of amides is 1. The molecule has 1 amide bonds. The molecule has 0 radical (unpaired) electrons. The van der Waals surface area contributed by atoms with Crippen LogP contribution in [0.5, 0.6) is 11.5 Å². The number of hydrogen-bond donors (Lipinski definition) is 0. The second-order valence-electron chi connectivity index (χ2n) is 9.13. The molecule has 0 bridgehead atoms. The van der Waals surface area contributed by atoms with Gasteiger partial charge in [-0.1, -0.05) is 60.7 Å². The van der Waals surface area contributed by atoms with Crippen molar-refractivity contribution < 1.29 is 14.3 Å². The second-order valence-corrected chi connectivity index (χ2v) is 9.13. The van der Waals surface area contributed by atoms with Gasteiger partial charge in [0.1, 0.15) is 0 Å². The van der Waals surface area contributed by atoms with Gasteiger partial charge < -0.3 is 14.4 Å². The van der Waals surface area contributed by atoms with E-state index in [1.54, 1.807) is 7.11 Å². The van der Waals surface area contributed by atoms with Gasteiger partial charge in [-0.05, 0) is 60.1 Å². The van der Waals surface area contributed by atoms with Gasteiger partial charge in [0.25, 0.3) is 0 Å². The van der Waals surface area contributed by atoms with Crippen LogP contribution < -0.4 is 9.47 Å². The Kier molecular flexibility index (Phi) is 6.34. The van der Waals surface area contributed by atoms with Crippen LogP contribution in [0.2, 0.25) is 0 Å². The molecule has 1 aliphatic carbocycles. The van der Waals surface area contributed by atoms with Gasteiger partial charge in [-0.15, -0.1) is 0 Å². The summed E-state index contributed by atoms with van der Waals surface area (Å²) in [5.41, 5.74) is 4.69. The van der Waals surface area contributed by atoms with Crippen LogP contribution in [0.4, 0.5) is 0 Å². The van der Waals surface area contributed by atoms with E-state index in [0.717, 1.165) is 36.4 Å². The number of nitrogens with zero attached hydrogens (tertiary/aromatic N) is 1. The molecule has 4 nitrogen and oxygen atoms in total. The number of benzene rings is 3. The summed E-state index contributed by atoms with van der Waals surface area (Å²) < 4.78 is 11.8. The highest BCUT2D eigenvalue weighted by Gasteiger charge is 2.32. The lowest BCUT2D eigenvalue weighted by Crippen LogP contribution is -2.24.